The lowest BCUT2D eigenvalue weighted by Gasteiger charge is -2.18. The Balaban J connectivity index is 1.97. The zero-order valence-electron chi connectivity index (χ0n) is 17.3. The van der Waals surface area contributed by atoms with Crippen molar-refractivity contribution < 1.29 is 14.7 Å². The van der Waals surface area contributed by atoms with Gasteiger partial charge < -0.3 is 10.8 Å². The molecule has 1 fully saturated rings. The SMILES string of the molecule is CC1=C(c2cc(C)c(N)cc2Cl)C=CC2CCC(=O)/C(C(=O)O)=C\C(C3CC3)=C\1C2. The first-order valence-corrected chi connectivity index (χ1v) is 10.8. The lowest BCUT2D eigenvalue weighted by atomic mass is 9.87. The number of fused-ring (bicyclic) bond motifs is 2. The molecule has 30 heavy (non-hydrogen) atoms. The zero-order chi connectivity index (χ0) is 21.6. The summed E-state index contributed by atoms with van der Waals surface area (Å²) in [6, 6.07) is 3.81. The van der Waals surface area contributed by atoms with Gasteiger partial charge in [0.05, 0.1) is 5.02 Å². The molecule has 0 aromatic heterocycles. The monoisotopic (exact) mass is 423 g/mol. The number of hydrogen-bond donors (Lipinski definition) is 2. The molecular formula is C25H26ClNO3. The molecule has 4 rings (SSSR count). The van der Waals surface area contributed by atoms with E-state index in [-0.39, 0.29) is 23.7 Å². The molecule has 0 amide bonds. The second kappa shape index (κ2) is 7.92. The number of aliphatic carboxylic acids is 1. The minimum Gasteiger partial charge on any atom is -0.478 e. The van der Waals surface area contributed by atoms with Gasteiger partial charge in [-0.2, -0.15) is 0 Å². The van der Waals surface area contributed by atoms with Crippen molar-refractivity contribution in [1.82, 2.24) is 0 Å². The molecule has 3 aliphatic rings. The molecular weight excluding hydrogens is 398 g/mol. The van der Waals surface area contributed by atoms with Crippen LogP contribution in [-0.2, 0) is 9.59 Å². The number of anilines is 1. The van der Waals surface area contributed by atoms with Crippen molar-refractivity contribution in [3.05, 3.63) is 68.8 Å². The first kappa shape index (κ1) is 20.7. The zero-order valence-corrected chi connectivity index (χ0v) is 18.1. The van der Waals surface area contributed by atoms with Crippen molar-refractivity contribution >= 4 is 34.6 Å². The van der Waals surface area contributed by atoms with Crippen LogP contribution in [0, 0.1) is 18.8 Å². The Morgan fingerprint density at radius 3 is 2.60 bits per heavy atom. The number of hydrogen-bond acceptors (Lipinski definition) is 3. The van der Waals surface area contributed by atoms with Gasteiger partial charge in [0.25, 0.3) is 0 Å². The Hall–Kier alpha value is -2.59. The molecule has 0 aliphatic heterocycles. The highest BCUT2D eigenvalue weighted by Crippen LogP contribution is 2.46. The highest BCUT2D eigenvalue weighted by atomic mass is 35.5. The van der Waals surface area contributed by atoms with Gasteiger partial charge in [-0.15, -0.1) is 0 Å². The average molecular weight is 424 g/mol. The van der Waals surface area contributed by atoms with Gasteiger partial charge in [0.15, 0.2) is 5.78 Å². The van der Waals surface area contributed by atoms with Gasteiger partial charge in [-0.1, -0.05) is 23.8 Å². The van der Waals surface area contributed by atoms with E-state index in [2.05, 4.69) is 19.1 Å². The number of nitrogens with two attached hydrogens (primary N) is 1. The van der Waals surface area contributed by atoms with Crippen LogP contribution in [0.1, 0.15) is 50.2 Å². The largest absolute Gasteiger partial charge is 0.478 e. The van der Waals surface area contributed by atoms with E-state index in [4.69, 9.17) is 17.3 Å². The van der Waals surface area contributed by atoms with Crippen LogP contribution in [0.4, 0.5) is 5.69 Å². The molecule has 0 heterocycles. The van der Waals surface area contributed by atoms with Gasteiger partial charge in [-0.05, 0) is 97.4 Å². The number of allylic oxidation sites excluding steroid dienone is 7. The van der Waals surface area contributed by atoms with E-state index >= 15 is 0 Å². The number of benzene rings is 1. The minimum atomic E-state index is -1.14. The van der Waals surface area contributed by atoms with Crippen LogP contribution < -0.4 is 5.73 Å². The Labute approximate surface area is 181 Å². The summed E-state index contributed by atoms with van der Waals surface area (Å²) in [5, 5.41) is 10.3. The maximum atomic E-state index is 12.6. The second-order valence-electron chi connectivity index (χ2n) is 8.58. The molecule has 0 saturated heterocycles. The normalized spacial score (nSPS) is 26.4. The molecule has 1 aromatic carbocycles. The van der Waals surface area contributed by atoms with Crippen LogP contribution in [0.2, 0.25) is 5.02 Å². The van der Waals surface area contributed by atoms with Crippen molar-refractivity contribution in [3.63, 3.8) is 0 Å². The maximum absolute atomic E-state index is 12.6. The Morgan fingerprint density at radius 2 is 1.93 bits per heavy atom. The van der Waals surface area contributed by atoms with E-state index in [0.717, 1.165) is 52.7 Å². The van der Waals surface area contributed by atoms with Crippen molar-refractivity contribution in [2.75, 3.05) is 5.73 Å². The summed E-state index contributed by atoms with van der Waals surface area (Å²) in [6.45, 7) is 4.04. The lowest BCUT2D eigenvalue weighted by molar-refractivity contribution is -0.134. The Kier molecular flexibility index (Phi) is 5.46. The highest BCUT2D eigenvalue weighted by molar-refractivity contribution is 6.33. The van der Waals surface area contributed by atoms with Gasteiger partial charge in [-0.3, -0.25) is 4.79 Å². The standard InChI is InChI=1S/C25H26ClNO3/c1-13-9-20(22(26)12-23(13)27)17-7-3-15-4-8-24(28)21(25(29)30)11-19(16-5-6-16)18(10-15)14(17)2/h3,7,9,11-12,15-16H,4-6,8,10,27H2,1-2H3,(H,29,30)/b19-18-,21-11+. The molecule has 0 radical (unpaired) electrons. The van der Waals surface area contributed by atoms with Crippen LogP contribution in [0.3, 0.4) is 0 Å². The van der Waals surface area contributed by atoms with Gasteiger partial charge in [-0.25, -0.2) is 4.79 Å². The number of carbonyl (C=O) groups is 2. The molecule has 0 spiro atoms. The van der Waals surface area contributed by atoms with Gasteiger partial charge in [0.2, 0.25) is 0 Å². The number of ketones is 1. The third-order valence-electron chi connectivity index (χ3n) is 6.44. The summed E-state index contributed by atoms with van der Waals surface area (Å²) < 4.78 is 0. The molecule has 1 saturated carbocycles. The number of carboxylic acids is 1. The molecule has 4 nitrogen and oxygen atoms in total. The summed E-state index contributed by atoms with van der Waals surface area (Å²) in [5.74, 6) is -0.915. The molecule has 1 aromatic rings. The fraction of sp³-hybridized carbons (Fsp3) is 0.360. The van der Waals surface area contributed by atoms with Gasteiger partial charge in [0, 0.05) is 17.7 Å². The fourth-order valence-electron chi connectivity index (χ4n) is 4.44. The minimum absolute atomic E-state index is 0.0877. The molecule has 3 N–H and O–H groups in total. The van der Waals surface area contributed by atoms with Crippen molar-refractivity contribution in [1.29, 1.82) is 0 Å². The molecule has 1 atom stereocenters. The summed E-state index contributed by atoms with van der Waals surface area (Å²) in [5.41, 5.74) is 12.8. The van der Waals surface area contributed by atoms with Crippen molar-refractivity contribution in [3.8, 4) is 0 Å². The fourth-order valence-corrected chi connectivity index (χ4v) is 4.72. The van der Waals surface area contributed by atoms with Gasteiger partial charge >= 0.3 is 5.97 Å². The summed E-state index contributed by atoms with van der Waals surface area (Å²) in [7, 11) is 0. The van der Waals surface area contributed by atoms with Crippen LogP contribution in [-0.4, -0.2) is 16.9 Å². The Bertz CT molecular complexity index is 1070. The van der Waals surface area contributed by atoms with E-state index in [1.165, 1.54) is 0 Å². The second-order valence-corrected chi connectivity index (χ2v) is 8.99. The predicted molar refractivity (Wildman–Crippen MR) is 120 cm³/mol. The number of carboxylic acid groups (broad SMARTS) is 1. The van der Waals surface area contributed by atoms with Crippen LogP contribution in [0.25, 0.3) is 5.57 Å². The summed E-state index contributed by atoms with van der Waals surface area (Å²) >= 11 is 6.58. The molecule has 2 bridgehead atoms. The topological polar surface area (TPSA) is 80.4 Å². The van der Waals surface area contributed by atoms with E-state index in [1.807, 2.05) is 13.0 Å². The number of nitrogen functional groups attached to an aromatic ring is 1. The third-order valence-corrected chi connectivity index (χ3v) is 6.76. The predicted octanol–water partition coefficient (Wildman–Crippen LogP) is 5.66. The van der Waals surface area contributed by atoms with E-state index in [1.54, 1.807) is 12.1 Å². The first-order valence-electron chi connectivity index (χ1n) is 10.4. The van der Waals surface area contributed by atoms with E-state index in [0.29, 0.717) is 23.0 Å². The third kappa shape index (κ3) is 3.89. The first-order chi connectivity index (χ1) is 14.3. The Morgan fingerprint density at radius 1 is 1.20 bits per heavy atom. The molecule has 1 unspecified atom stereocenters. The molecule has 3 aliphatic carbocycles. The van der Waals surface area contributed by atoms with Crippen molar-refractivity contribution in [2.45, 2.75) is 46.0 Å². The lowest BCUT2D eigenvalue weighted by Crippen LogP contribution is -2.13. The van der Waals surface area contributed by atoms with Crippen LogP contribution in [0.15, 0.2) is 52.7 Å². The number of rotatable bonds is 3. The van der Waals surface area contributed by atoms with E-state index < -0.39 is 5.97 Å². The number of Topliss-reactive ketones (excluding diaryl/α,β-unsaturated/α-hetero) is 1. The highest BCUT2D eigenvalue weighted by Gasteiger charge is 2.33. The van der Waals surface area contributed by atoms with Crippen LogP contribution >= 0.6 is 11.6 Å². The quantitative estimate of drug-likeness (QED) is 0.485. The number of carbonyl (C=O) groups excluding carboxylic acids is 1. The maximum Gasteiger partial charge on any atom is 0.339 e. The summed E-state index contributed by atoms with van der Waals surface area (Å²) in [4.78, 5) is 24.4. The van der Waals surface area contributed by atoms with Gasteiger partial charge in [0.1, 0.15) is 5.57 Å². The summed E-state index contributed by atoms with van der Waals surface area (Å²) in [6.07, 6.45) is 9.66. The van der Waals surface area contributed by atoms with Crippen LogP contribution in [0.5, 0.6) is 0 Å². The number of halogens is 1. The average Bonchev–Trinajstić information content (AvgIpc) is 3.52. The molecule has 5 heteroatoms. The smallest absolute Gasteiger partial charge is 0.339 e. The number of aryl methyl sites for hydroxylation is 1. The van der Waals surface area contributed by atoms with Crippen molar-refractivity contribution in [2.24, 2.45) is 11.8 Å². The molecule has 156 valence electrons. The van der Waals surface area contributed by atoms with E-state index in [9.17, 15) is 14.7 Å².